The number of hydrogen-bond acceptors (Lipinski definition) is 5. The summed E-state index contributed by atoms with van der Waals surface area (Å²) in [5.41, 5.74) is 4.59. The number of hydrogen-bond donors (Lipinski definition) is 3. The van der Waals surface area contributed by atoms with E-state index in [1.165, 1.54) is 7.11 Å². The fourth-order valence-electron chi connectivity index (χ4n) is 5.16. The van der Waals surface area contributed by atoms with E-state index in [0.717, 1.165) is 35.1 Å². The average Bonchev–Trinajstić information content (AvgIpc) is 3.19. The van der Waals surface area contributed by atoms with Crippen molar-refractivity contribution in [2.75, 3.05) is 20.3 Å². The lowest BCUT2D eigenvalue weighted by Crippen LogP contribution is -2.46. The molecular formula is C27H32N2O6. The van der Waals surface area contributed by atoms with Gasteiger partial charge >= 0.3 is 12.1 Å². The highest BCUT2D eigenvalue weighted by Crippen LogP contribution is 2.44. The third kappa shape index (κ3) is 5.82. The molecule has 0 aliphatic heterocycles. The van der Waals surface area contributed by atoms with Crippen molar-refractivity contribution in [3.8, 4) is 11.1 Å². The molecular weight excluding hydrogens is 448 g/mol. The van der Waals surface area contributed by atoms with Gasteiger partial charge in [-0.15, -0.1) is 0 Å². The third-order valence-corrected chi connectivity index (χ3v) is 6.99. The van der Waals surface area contributed by atoms with Crippen LogP contribution >= 0.6 is 0 Å². The fraction of sp³-hybridized carbons (Fsp3) is 0.444. The Labute approximate surface area is 205 Å². The first-order valence-corrected chi connectivity index (χ1v) is 12.1. The molecule has 0 heterocycles. The van der Waals surface area contributed by atoms with Crippen molar-refractivity contribution in [1.82, 2.24) is 10.6 Å². The Hall–Kier alpha value is -3.39. The Bertz CT molecular complexity index is 1030. The molecule has 0 aromatic heterocycles. The molecule has 1 saturated carbocycles. The van der Waals surface area contributed by atoms with Crippen molar-refractivity contribution in [3.63, 3.8) is 0 Å². The molecule has 8 heteroatoms. The van der Waals surface area contributed by atoms with Crippen molar-refractivity contribution in [2.24, 2.45) is 5.92 Å². The van der Waals surface area contributed by atoms with E-state index >= 15 is 0 Å². The molecule has 0 radical (unpaired) electrons. The molecule has 8 nitrogen and oxygen atoms in total. The minimum absolute atomic E-state index is 0.0169. The Kier molecular flexibility index (Phi) is 8.02. The van der Waals surface area contributed by atoms with Gasteiger partial charge in [0, 0.05) is 25.6 Å². The van der Waals surface area contributed by atoms with E-state index in [-0.39, 0.29) is 37.4 Å². The normalized spacial score (nSPS) is 19.8. The molecule has 3 atom stereocenters. The minimum Gasteiger partial charge on any atom is -0.481 e. The maximum Gasteiger partial charge on any atom is 0.407 e. The second-order valence-corrected chi connectivity index (χ2v) is 9.17. The number of carboxylic acid groups (broad SMARTS) is 1. The van der Waals surface area contributed by atoms with E-state index < -0.39 is 24.1 Å². The lowest BCUT2D eigenvalue weighted by atomic mass is 9.84. The predicted octanol–water partition coefficient (Wildman–Crippen LogP) is 3.69. The number of ether oxygens (including phenoxy) is 2. The molecule has 186 valence electrons. The number of nitrogens with one attached hydrogen (secondary N) is 2. The third-order valence-electron chi connectivity index (χ3n) is 6.99. The van der Waals surface area contributed by atoms with E-state index in [1.54, 1.807) is 0 Å². The van der Waals surface area contributed by atoms with Gasteiger partial charge in [-0.05, 0) is 35.1 Å². The van der Waals surface area contributed by atoms with Gasteiger partial charge in [0.2, 0.25) is 5.91 Å². The van der Waals surface area contributed by atoms with Gasteiger partial charge < -0.3 is 25.2 Å². The quantitative estimate of drug-likeness (QED) is 0.504. The van der Waals surface area contributed by atoms with E-state index in [1.807, 2.05) is 24.3 Å². The van der Waals surface area contributed by atoms with Crippen molar-refractivity contribution in [3.05, 3.63) is 59.7 Å². The number of alkyl carbamates (subject to hydrolysis) is 1. The number of aliphatic carboxylic acids is 1. The molecule has 2 aliphatic rings. The second-order valence-electron chi connectivity index (χ2n) is 9.17. The van der Waals surface area contributed by atoms with Crippen LogP contribution in [-0.4, -0.2) is 55.5 Å². The number of amides is 2. The first kappa shape index (κ1) is 24.7. The average molecular weight is 481 g/mol. The molecule has 2 aromatic rings. The zero-order valence-electron chi connectivity index (χ0n) is 19.9. The summed E-state index contributed by atoms with van der Waals surface area (Å²) in [5.74, 6) is -1.76. The highest BCUT2D eigenvalue weighted by Gasteiger charge is 2.32. The molecule has 0 bridgehead atoms. The number of fused-ring (bicyclic) bond motifs is 3. The maximum absolute atomic E-state index is 12.5. The molecule has 2 aromatic carbocycles. The van der Waals surface area contributed by atoms with Crippen LogP contribution in [0, 0.1) is 5.92 Å². The number of carboxylic acids is 1. The largest absolute Gasteiger partial charge is 0.481 e. The monoisotopic (exact) mass is 480 g/mol. The Morgan fingerprint density at radius 3 is 2.26 bits per heavy atom. The van der Waals surface area contributed by atoms with Crippen LogP contribution in [0.25, 0.3) is 11.1 Å². The Balaban J connectivity index is 1.26. The maximum atomic E-state index is 12.5. The van der Waals surface area contributed by atoms with Crippen LogP contribution in [0.1, 0.15) is 49.1 Å². The first-order chi connectivity index (χ1) is 17.0. The molecule has 1 unspecified atom stereocenters. The molecule has 0 saturated heterocycles. The Morgan fingerprint density at radius 1 is 1.00 bits per heavy atom. The summed E-state index contributed by atoms with van der Waals surface area (Å²) < 4.78 is 10.9. The van der Waals surface area contributed by atoms with Crippen LogP contribution in [0.15, 0.2) is 48.5 Å². The summed E-state index contributed by atoms with van der Waals surface area (Å²) >= 11 is 0. The molecule has 3 N–H and O–H groups in total. The smallest absolute Gasteiger partial charge is 0.407 e. The van der Waals surface area contributed by atoms with E-state index in [2.05, 4.69) is 34.9 Å². The minimum atomic E-state index is -0.879. The molecule has 0 spiro atoms. The summed E-state index contributed by atoms with van der Waals surface area (Å²) in [6.07, 6.45) is 1.85. The second kappa shape index (κ2) is 11.4. The van der Waals surface area contributed by atoms with Crippen molar-refractivity contribution in [2.45, 2.75) is 50.2 Å². The molecule has 4 rings (SSSR count). The van der Waals surface area contributed by atoms with Gasteiger partial charge in [-0.3, -0.25) is 9.59 Å². The highest BCUT2D eigenvalue weighted by atomic mass is 16.5. The number of rotatable bonds is 9. The lowest BCUT2D eigenvalue weighted by molar-refractivity contribution is -0.144. The van der Waals surface area contributed by atoms with E-state index in [9.17, 15) is 19.5 Å². The molecule has 2 amide bonds. The lowest BCUT2D eigenvalue weighted by Gasteiger charge is -2.29. The summed E-state index contributed by atoms with van der Waals surface area (Å²) in [4.78, 5) is 36.4. The summed E-state index contributed by atoms with van der Waals surface area (Å²) in [6, 6.07) is 15.9. The molecule has 1 fully saturated rings. The zero-order valence-corrected chi connectivity index (χ0v) is 19.9. The topological polar surface area (TPSA) is 114 Å². The number of carbonyl (C=O) groups excluding carboxylic acids is 2. The molecule has 35 heavy (non-hydrogen) atoms. The highest BCUT2D eigenvalue weighted by molar-refractivity contribution is 5.80. The van der Waals surface area contributed by atoms with Gasteiger partial charge in [-0.25, -0.2) is 4.79 Å². The van der Waals surface area contributed by atoms with Gasteiger partial charge in [0.25, 0.3) is 0 Å². The standard InChI is InChI=1S/C27H32N2O6/c1-34-17(14-25(30)29-24-13-7-6-12-22(24)26(31)32)15-28-27(33)35-16-23-20-10-4-2-8-18(20)19-9-3-5-11-21(19)23/h2-5,8-11,17,22-24H,6-7,12-16H2,1H3,(H,28,33)(H,29,30)(H,31,32)/t17?,22-,24+/m0/s1. The Morgan fingerprint density at radius 2 is 1.63 bits per heavy atom. The van der Waals surface area contributed by atoms with Crippen LogP contribution < -0.4 is 10.6 Å². The number of benzene rings is 2. The predicted molar refractivity (Wildman–Crippen MR) is 130 cm³/mol. The first-order valence-electron chi connectivity index (χ1n) is 12.1. The summed E-state index contributed by atoms with van der Waals surface area (Å²) in [7, 11) is 1.47. The summed E-state index contributed by atoms with van der Waals surface area (Å²) in [5, 5.41) is 14.9. The number of methoxy groups -OCH3 is 1. The van der Waals surface area contributed by atoms with Gasteiger partial charge in [0.05, 0.1) is 18.4 Å². The van der Waals surface area contributed by atoms with Gasteiger partial charge in [0.1, 0.15) is 6.61 Å². The molecule has 2 aliphatic carbocycles. The van der Waals surface area contributed by atoms with Crippen molar-refractivity contribution >= 4 is 18.0 Å². The van der Waals surface area contributed by atoms with E-state index in [0.29, 0.717) is 12.8 Å². The summed E-state index contributed by atoms with van der Waals surface area (Å²) in [6.45, 7) is 0.309. The zero-order chi connectivity index (χ0) is 24.8. The van der Waals surface area contributed by atoms with Gasteiger partial charge in [0.15, 0.2) is 0 Å². The van der Waals surface area contributed by atoms with Crippen molar-refractivity contribution < 1.29 is 29.0 Å². The van der Waals surface area contributed by atoms with E-state index in [4.69, 9.17) is 9.47 Å². The van der Waals surface area contributed by atoms with Gasteiger partial charge in [-0.2, -0.15) is 0 Å². The van der Waals surface area contributed by atoms with Crippen LogP contribution in [0.2, 0.25) is 0 Å². The van der Waals surface area contributed by atoms with Crippen LogP contribution in [0.5, 0.6) is 0 Å². The van der Waals surface area contributed by atoms with Crippen molar-refractivity contribution in [1.29, 1.82) is 0 Å². The SMILES string of the molecule is COC(CNC(=O)OCC1c2ccccc2-c2ccccc21)CC(=O)N[C@@H]1CCCC[C@@H]1C(=O)O. The fourth-order valence-corrected chi connectivity index (χ4v) is 5.16. The van der Waals surface area contributed by atoms with Crippen LogP contribution in [0.4, 0.5) is 4.79 Å². The van der Waals surface area contributed by atoms with Gasteiger partial charge in [-0.1, -0.05) is 61.4 Å². The number of carbonyl (C=O) groups is 3. The van der Waals surface area contributed by atoms with Crippen LogP contribution in [0.3, 0.4) is 0 Å². The van der Waals surface area contributed by atoms with Crippen LogP contribution in [-0.2, 0) is 19.1 Å².